The van der Waals surface area contributed by atoms with Gasteiger partial charge in [0.05, 0.1) is 11.1 Å². The molecular weight excluding hydrogens is 252 g/mol. The van der Waals surface area contributed by atoms with Crippen LogP contribution in [0.3, 0.4) is 0 Å². The molecule has 0 unspecified atom stereocenters. The molecule has 0 saturated carbocycles. The van der Waals surface area contributed by atoms with Crippen LogP contribution in [0.1, 0.15) is 28.4 Å². The van der Waals surface area contributed by atoms with Crippen LogP contribution in [-0.2, 0) is 0 Å². The van der Waals surface area contributed by atoms with Crippen LogP contribution in [0.15, 0.2) is 42.5 Å². The average Bonchev–Trinajstić information content (AvgIpc) is 2.48. The van der Waals surface area contributed by atoms with E-state index in [1.54, 1.807) is 42.5 Å². The molecule has 0 aromatic heterocycles. The van der Waals surface area contributed by atoms with Gasteiger partial charge in [-0.25, -0.2) is 0 Å². The maximum atomic E-state index is 11.2. The average molecular weight is 262 g/mol. The highest BCUT2D eigenvalue weighted by atomic mass is 16.5. The highest BCUT2D eigenvalue weighted by molar-refractivity contribution is 5.94. The number of ether oxygens (including phenoxy) is 1. The summed E-state index contributed by atoms with van der Waals surface area (Å²) in [6, 6.07) is 15.3. The lowest BCUT2D eigenvalue weighted by Crippen LogP contribution is -1.94. The third-order valence-corrected chi connectivity index (χ3v) is 2.74. The smallest absolute Gasteiger partial charge is 0.162 e. The van der Waals surface area contributed by atoms with Crippen molar-refractivity contribution in [3.8, 4) is 23.6 Å². The minimum absolute atomic E-state index is 0.0355. The Bertz CT molecular complexity index is 702. The van der Waals surface area contributed by atoms with E-state index in [4.69, 9.17) is 15.3 Å². The van der Waals surface area contributed by atoms with Gasteiger partial charge < -0.3 is 4.74 Å². The van der Waals surface area contributed by atoms with Crippen LogP contribution < -0.4 is 4.74 Å². The topological polar surface area (TPSA) is 73.9 Å². The molecule has 2 aromatic carbocycles. The van der Waals surface area contributed by atoms with Gasteiger partial charge in [0.2, 0.25) is 0 Å². The third-order valence-electron chi connectivity index (χ3n) is 2.74. The molecule has 0 amide bonds. The van der Waals surface area contributed by atoms with Gasteiger partial charge in [0.25, 0.3) is 0 Å². The van der Waals surface area contributed by atoms with E-state index in [0.717, 1.165) is 0 Å². The van der Waals surface area contributed by atoms with Crippen LogP contribution in [0, 0.1) is 22.7 Å². The predicted molar refractivity (Wildman–Crippen MR) is 72.4 cm³/mol. The Morgan fingerprint density at radius 3 is 2.00 bits per heavy atom. The molecule has 4 heteroatoms. The van der Waals surface area contributed by atoms with Gasteiger partial charge in [-0.05, 0) is 43.3 Å². The van der Waals surface area contributed by atoms with Crippen molar-refractivity contribution >= 4 is 5.78 Å². The van der Waals surface area contributed by atoms with Gasteiger partial charge in [0.15, 0.2) is 11.5 Å². The highest BCUT2D eigenvalue weighted by Gasteiger charge is 2.10. The van der Waals surface area contributed by atoms with E-state index in [1.165, 1.54) is 6.92 Å². The van der Waals surface area contributed by atoms with Crippen LogP contribution in [0.5, 0.6) is 11.5 Å². The van der Waals surface area contributed by atoms with Crippen molar-refractivity contribution in [3.63, 3.8) is 0 Å². The van der Waals surface area contributed by atoms with E-state index >= 15 is 0 Å². The number of nitrogens with zero attached hydrogens (tertiary/aromatic N) is 2. The maximum Gasteiger partial charge on any atom is 0.162 e. The Labute approximate surface area is 116 Å². The molecule has 0 fully saturated rings. The number of para-hydroxylation sites is 1. The number of carbonyl (C=O) groups is 1. The standard InChI is InChI=1S/C16H10N2O2/c1-11(19)12-5-7-15(8-6-12)20-16-13(9-17)3-2-4-14(16)10-18/h2-8H,1H3. The molecule has 4 nitrogen and oxygen atoms in total. The lowest BCUT2D eigenvalue weighted by Gasteiger charge is -2.09. The van der Waals surface area contributed by atoms with Gasteiger partial charge in [-0.1, -0.05) is 6.07 Å². The first-order valence-electron chi connectivity index (χ1n) is 5.87. The molecule has 2 rings (SSSR count). The number of Topliss-reactive ketones (excluding diaryl/α,β-unsaturated/α-hetero) is 1. The quantitative estimate of drug-likeness (QED) is 0.794. The molecule has 96 valence electrons. The van der Waals surface area contributed by atoms with Gasteiger partial charge in [-0.15, -0.1) is 0 Å². The first-order valence-corrected chi connectivity index (χ1v) is 5.87. The van der Waals surface area contributed by atoms with E-state index in [0.29, 0.717) is 22.4 Å². The zero-order valence-electron chi connectivity index (χ0n) is 10.8. The fraction of sp³-hybridized carbons (Fsp3) is 0.0625. The van der Waals surface area contributed by atoms with E-state index in [9.17, 15) is 4.79 Å². The summed E-state index contributed by atoms with van der Waals surface area (Å²) in [6.07, 6.45) is 0. The number of rotatable bonds is 3. The molecular formula is C16H10N2O2. The van der Waals surface area contributed by atoms with Crippen molar-refractivity contribution in [1.29, 1.82) is 10.5 Å². The first-order chi connectivity index (χ1) is 9.65. The van der Waals surface area contributed by atoms with Gasteiger partial charge >= 0.3 is 0 Å². The Morgan fingerprint density at radius 1 is 1.00 bits per heavy atom. The Hall–Kier alpha value is -3.11. The predicted octanol–water partition coefficient (Wildman–Crippen LogP) is 3.42. The second-order valence-electron chi connectivity index (χ2n) is 4.09. The minimum Gasteiger partial charge on any atom is -0.455 e. The largest absolute Gasteiger partial charge is 0.455 e. The van der Waals surface area contributed by atoms with Crippen LogP contribution in [0.25, 0.3) is 0 Å². The lowest BCUT2D eigenvalue weighted by molar-refractivity contribution is 0.101. The fourth-order valence-electron chi connectivity index (χ4n) is 1.70. The lowest BCUT2D eigenvalue weighted by atomic mass is 10.1. The van der Waals surface area contributed by atoms with Crippen molar-refractivity contribution in [3.05, 3.63) is 59.2 Å². The molecule has 0 spiro atoms. The summed E-state index contributed by atoms with van der Waals surface area (Å²) in [5, 5.41) is 18.1. The summed E-state index contributed by atoms with van der Waals surface area (Å²) in [6.45, 7) is 1.48. The molecule has 0 aliphatic carbocycles. The van der Waals surface area contributed by atoms with Crippen molar-refractivity contribution in [2.45, 2.75) is 6.92 Å². The zero-order valence-corrected chi connectivity index (χ0v) is 10.8. The molecule has 0 radical (unpaired) electrons. The number of carbonyl (C=O) groups excluding carboxylic acids is 1. The number of hydrogen-bond donors (Lipinski definition) is 0. The maximum absolute atomic E-state index is 11.2. The van der Waals surface area contributed by atoms with Crippen LogP contribution in [0.2, 0.25) is 0 Å². The second kappa shape index (κ2) is 5.69. The van der Waals surface area contributed by atoms with Crippen molar-refractivity contribution in [1.82, 2.24) is 0 Å². The van der Waals surface area contributed by atoms with Crippen molar-refractivity contribution in [2.75, 3.05) is 0 Å². The fourth-order valence-corrected chi connectivity index (χ4v) is 1.70. The SMILES string of the molecule is CC(=O)c1ccc(Oc2c(C#N)cccc2C#N)cc1. The van der Waals surface area contributed by atoms with Crippen LogP contribution >= 0.6 is 0 Å². The molecule has 0 atom stereocenters. The summed E-state index contributed by atoms with van der Waals surface area (Å²) >= 11 is 0. The number of hydrogen-bond acceptors (Lipinski definition) is 4. The van der Waals surface area contributed by atoms with E-state index in [1.807, 2.05) is 12.1 Å². The molecule has 0 heterocycles. The Morgan fingerprint density at radius 2 is 1.55 bits per heavy atom. The van der Waals surface area contributed by atoms with Crippen LogP contribution in [-0.4, -0.2) is 5.78 Å². The molecule has 0 bridgehead atoms. The molecule has 0 aliphatic heterocycles. The monoisotopic (exact) mass is 262 g/mol. The second-order valence-corrected chi connectivity index (χ2v) is 4.09. The minimum atomic E-state index is -0.0355. The van der Waals surface area contributed by atoms with Crippen LogP contribution in [0.4, 0.5) is 0 Å². The van der Waals surface area contributed by atoms with E-state index in [2.05, 4.69) is 0 Å². The van der Waals surface area contributed by atoms with Gasteiger partial charge in [-0.3, -0.25) is 4.79 Å². The summed E-state index contributed by atoms with van der Waals surface area (Å²) in [5.74, 6) is 0.661. The van der Waals surface area contributed by atoms with E-state index < -0.39 is 0 Å². The molecule has 0 saturated heterocycles. The molecule has 20 heavy (non-hydrogen) atoms. The number of benzene rings is 2. The molecule has 0 N–H and O–H groups in total. The summed E-state index contributed by atoms with van der Waals surface area (Å²) in [5.41, 5.74) is 1.16. The summed E-state index contributed by atoms with van der Waals surface area (Å²) in [4.78, 5) is 11.2. The number of nitriles is 2. The Kier molecular flexibility index (Phi) is 3.79. The van der Waals surface area contributed by atoms with Gasteiger partial charge in [0.1, 0.15) is 17.9 Å². The van der Waals surface area contributed by atoms with Crippen molar-refractivity contribution < 1.29 is 9.53 Å². The van der Waals surface area contributed by atoms with Gasteiger partial charge in [-0.2, -0.15) is 10.5 Å². The number of ketones is 1. The summed E-state index contributed by atoms with van der Waals surface area (Å²) < 4.78 is 5.60. The van der Waals surface area contributed by atoms with Crippen molar-refractivity contribution in [2.24, 2.45) is 0 Å². The highest BCUT2D eigenvalue weighted by Crippen LogP contribution is 2.28. The van der Waals surface area contributed by atoms with Gasteiger partial charge in [0, 0.05) is 5.56 Å². The third kappa shape index (κ3) is 2.66. The molecule has 2 aromatic rings. The zero-order chi connectivity index (χ0) is 14.5. The normalized spacial score (nSPS) is 9.35. The Balaban J connectivity index is 2.38. The van der Waals surface area contributed by atoms with E-state index in [-0.39, 0.29) is 11.5 Å². The first kappa shape index (κ1) is 13.3. The summed E-state index contributed by atoms with van der Waals surface area (Å²) in [7, 11) is 0. The molecule has 0 aliphatic rings.